The predicted octanol–water partition coefficient (Wildman–Crippen LogP) is 1.21. The molecule has 0 amide bonds. The number of hydrogen-bond donors (Lipinski definition) is 0. The average Bonchev–Trinajstić information content (AvgIpc) is 1.85. The molecule has 0 aromatic carbocycles. The lowest BCUT2D eigenvalue weighted by Gasteiger charge is -2.05. The standard InChI is InChI=1S/C6H11NO/c1-4-5(2)8-6(3)7-4/h4-5H,1-3H3. The fourth-order valence-electron chi connectivity index (χ4n) is 0.790. The predicted molar refractivity (Wildman–Crippen MR) is 33.1 cm³/mol. The van der Waals surface area contributed by atoms with Crippen molar-refractivity contribution in [2.24, 2.45) is 4.99 Å². The van der Waals surface area contributed by atoms with E-state index in [1.54, 1.807) is 0 Å². The minimum atomic E-state index is 0.287. The molecular formula is C6H11NO. The Bertz CT molecular complexity index is 120. The molecule has 46 valence electrons. The molecule has 1 heterocycles. The van der Waals surface area contributed by atoms with Crippen LogP contribution < -0.4 is 0 Å². The van der Waals surface area contributed by atoms with Crippen molar-refractivity contribution in [3.05, 3.63) is 0 Å². The van der Waals surface area contributed by atoms with Crippen molar-refractivity contribution < 1.29 is 4.74 Å². The van der Waals surface area contributed by atoms with E-state index in [0.717, 1.165) is 5.90 Å². The van der Waals surface area contributed by atoms with Gasteiger partial charge in [0.1, 0.15) is 6.10 Å². The number of rotatable bonds is 0. The molecule has 0 aromatic rings. The molecule has 0 N–H and O–H groups in total. The maximum absolute atomic E-state index is 5.22. The zero-order valence-electron chi connectivity index (χ0n) is 5.51. The monoisotopic (exact) mass is 113 g/mol. The summed E-state index contributed by atoms with van der Waals surface area (Å²) in [5.74, 6) is 0.824. The molecule has 8 heavy (non-hydrogen) atoms. The van der Waals surface area contributed by atoms with Crippen molar-refractivity contribution in [2.75, 3.05) is 0 Å². The van der Waals surface area contributed by atoms with Crippen molar-refractivity contribution in [3.63, 3.8) is 0 Å². The Morgan fingerprint density at radius 2 is 2.12 bits per heavy atom. The van der Waals surface area contributed by atoms with Crippen molar-refractivity contribution in [3.8, 4) is 0 Å². The van der Waals surface area contributed by atoms with Gasteiger partial charge in [0.15, 0.2) is 5.90 Å². The molecule has 1 aliphatic rings. The van der Waals surface area contributed by atoms with Gasteiger partial charge in [-0.05, 0) is 13.8 Å². The summed E-state index contributed by atoms with van der Waals surface area (Å²) in [6.07, 6.45) is 0.287. The largest absolute Gasteiger partial charge is 0.476 e. The molecule has 1 rings (SSSR count). The first kappa shape index (κ1) is 5.60. The summed E-state index contributed by atoms with van der Waals surface area (Å²) in [4.78, 5) is 4.16. The smallest absolute Gasteiger partial charge is 0.180 e. The first-order valence-electron chi connectivity index (χ1n) is 2.91. The summed E-state index contributed by atoms with van der Waals surface area (Å²) >= 11 is 0. The Labute approximate surface area is 49.6 Å². The minimum absolute atomic E-state index is 0.287. The van der Waals surface area contributed by atoms with Crippen LogP contribution >= 0.6 is 0 Å². The normalized spacial score (nSPS) is 36.6. The van der Waals surface area contributed by atoms with Gasteiger partial charge in [-0.25, -0.2) is 4.99 Å². The van der Waals surface area contributed by atoms with E-state index < -0.39 is 0 Å². The third kappa shape index (κ3) is 0.831. The maximum Gasteiger partial charge on any atom is 0.180 e. The topological polar surface area (TPSA) is 21.6 Å². The number of aliphatic imine (C=N–C) groups is 1. The van der Waals surface area contributed by atoms with E-state index in [1.165, 1.54) is 0 Å². The van der Waals surface area contributed by atoms with Gasteiger partial charge in [-0.1, -0.05) is 0 Å². The fourth-order valence-corrected chi connectivity index (χ4v) is 0.790. The van der Waals surface area contributed by atoms with Crippen LogP contribution in [0.2, 0.25) is 0 Å². The second kappa shape index (κ2) is 1.77. The lowest BCUT2D eigenvalue weighted by molar-refractivity contribution is 0.217. The van der Waals surface area contributed by atoms with Crippen molar-refractivity contribution >= 4 is 5.90 Å². The molecule has 1 aliphatic heterocycles. The number of hydrogen-bond acceptors (Lipinski definition) is 2. The van der Waals surface area contributed by atoms with E-state index in [4.69, 9.17) is 4.74 Å². The molecule has 2 atom stereocenters. The third-order valence-corrected chi connectivity index (χ3v) is 1.42. The Morgan fingerprint density at radius 3 is 2.25 bits per heavy atom. The quantitative estimate of drug-likeness (QED) is 0.462. The van der Waals surface area contributed by atoms with Gasteiger partial charge in [-0.3, -0.25) is 0 Å². The zero-order valence-corrected chi connectivity index (χ0v) is 5.51. The van der Waals surface area contributed by atoms with Crippen molar-refractivity contribution in [1.82, 2.24) is 0 Å². The van der Waals surface area contributed by atoms with Gasteiger partial charge in [0, 0.05) is 6.92 Å². The van der Waals surface area contributed by atoms with Gasteiger partial charge in [-0.2, -0.15) is 0 Å². The highest BCUT2D eigenvalue weighted by atomic mass is 16.5. The van der Waals surface area contributed by atoms with Crippen LogP contribution in [0.3, 0.4) is 0 Å². The number of nitrogens with zero attached hydrogens (tertiary/aromatic N) is 1. The summed E-state index contributed by atoms with van der Waals surface area (Å²) in [6, 6.07) is 0.356. The average molecular weight is 113 g/mol. The van der Waals surface area contributed by atoms with Crippen LogP contribution in [-0.2, 0) is 4.74 Å². The van der Waals surface area contributed by atoms with Gasteiger partial charge in [-0.15, -0.1) is 0 Å². The molecule has 0 spiro atoms. The van der Waals surface area contributed by atoms with Crippen LogP contribution in [0.5, 0.6) is 0 Å². The SMILES string of the molecule is CC1=NC(C)C(C)O1. The second-order valence-electron chi connectivity index (χ2n) is 2.21. The first-order chi connectivity index (χ1) is 3.70. The van der Waals surface area contributed by atoms with Crippen molar-refractivity contribution in [1.29, 1.82) is 0 Å². The van der Waals surface area contributed by atoms with Crippen LogP contribution in [0.25, 0.3) is 0 Å². The fraction of sp³-hybridized carbons (Fsp3) is 0.833. The molecule has 0 saturated heterocycles. The molecule has 0 fully saturated rings. The summed E-state index contributed by atoms with van der Waals surface area (Å²) < 4.78 is 5.22. The van der Waals surface area contributed by atoms with Gasteiger partial charge >= 0.3 is 0 Å². The second-order valence-corrected chi connectivity index (χ2v) is 2.21. The van der Waals surface area contributed by atoms with Crippen LogP contribution in [0.4, 0.5) is 0 Å². The molecule has 0 saturated carbocycles. The van der Waals surface area contributed by atoms with Gasteiger partial charge in [0.25, 0.3) is 0 Å². The number of ether oxygens (including phenoxy) is 1. The van der Waals surface area contributed by atoms with Crippen LogP contribution in [0.1, 0.15) is 20.8 Å². The molecule has 2 unspecified atom stereocenters. The Balaban J connectivity index is 2.56. The van der Waals surface area contributed by atoms with E-state index in [2.05, 4.69) is 11.9 Å². The molecule has 0 bridgehead atoms. The summed E-state index contributed by atoms with van der Waals surface area (Å²) in [5.41, 5.74) is 0. The third-order valence-electron chi connectivity index (χ3n) is 1.42. The molecule has 0 radical (unpaired) electrons. The van der Waals surface area contributed by atoms with Crippen LogP contribution in [-0.4, -0.2) is 18.0 Å². The van der Waals surface area contributed by atoms with Crippen molar-refractivity contribution in [2.45, 2.75) is 32.9 Å². The lowest BCUT2D eigenvalue weighted by Crippen LogP contribution is -2.13. The molecular weight excluding hydrogens is 102 g/mol. The highest BCUT2D eigenvalue weighted by Crippen LogP contribution is 2.10. The molecule has 0 aromatic heterocycles. The van der Waals surface area contributed by atoms with E-state index in [0.29, 0.717) is 6.04 Å². The first-order valence-corrected chi connectivity index (χ1v) is 2.91. The van der Waals surface area contributed by atoms with E-state index in [9.17, 15) is 0 Å². The highest BCUT2D eigenvalue weighted by Gasteiger charge is 2.19. The highest BCUT2D eigenvalue weighted by molar-refractivity contribution is 5.75. The van der Waals surface area contributed by atoms with Gasteiger partial charge in [0.05, 0.1) is 6.04 Å². The Hall–Kier alpha value is -0.530. The minimum Gasteiger partial charge on any atom is -0.476 e. The van der Waals surface area contributed by atoms with E-state index >= 15 is 0 Å². The maximum atomic E-state index is 5.22. The zero-order chi connectivity index (χ0) is 6.15. The van der Waals surface area contributed by atoms with E-state index in [1.807, 2.05) is 13.8 Å². The summed E-state index contributed by atoms with van der Waals surface area (Å²) in [6.45, 7) is 5.98. The molecule has 0 aliphatic carbocycles. The summed E-state index contributed by atoms with van der Waals surface area (Å²) in [5, 5.41) is 0. The lowest BCUT2D eigenvalue weighted by atomic mass is 10.2. The van der Waals surface area contributed by atoms with Crippen LogP contribution in [0, 0.1) is 0 Å². The summed E-state index contributed by atoms with van der Waals surface area (Å²) in [7, 11) is 0. The molecule has 2 heteroatoms. The van der Waals surface area contributed by atoms with E-state index in [-0.39, 0.29) is 6.10 Å². The van der Waals surface area contributed by atoms with Gasteiger partial charge in [0.2, 0.25) is 0 Å². The Kier molecular flexibility index (Phi) is 1.24. The molecule has 2 nitrogen and oxygen atoms in total. The van der Waals surface area contributed by atoms with Crippen LogP contribution in [0.15, 0.2) is 4.99 Å². The van der Waals surface area contributed by atoms with Gasteiger partial charge < -0.3 is 4.74 Å². The Morgan fingerprint density at radius 1 is 1.50 bits per heavy atom.